The monoisotopic (exact) mass is 411 g/mol. The van der Waals surface area contributed by atoms with E-state index >= 15 is 0 Å². The number of aryl methyl sites for hydroxylation is 2. The average Bonchev–Trinajstić information content (AvgIpc) is 3.06. The molecular formula is C21H23F2N7. The van der Waals surface area contributed by atoms with Crippen molar-refractivity contribution >= 4 is 17.3 Å². The van der Waals surface area contributed by atoms with Crippen molar-refractivity contribution in [3.05, 3.63) is 76.7 Å². The van der Waals surface area contributed by atoms with Crippen molar-refractivity contribution in [2.45, 2.75) is 20.3 Å². The highest BCUT2D eigenvalue weighted by molar-refractivity contribution is 6.15. The van der Waals surface area contributed by atoms with Crippen LogP contribution in [0, 0.1) is 13.8 Å². The summed E-state index contributed by atoms with van der Waals surface area (Å²) in [5.41, 5.74) is 15.7. The fourth-order valence-electron chi connectivity index (χ4n) is 3.09. The van der Waals surface area contributed by atoms with Crippen LogP contribution in [0.5, 0.6) is 0 Å². The lowest BCUT2D eigenvalue weighted by molar-refractivity contribution is 0.151. The Morgan fingerprint density at radius 2 is 1.80 bits per heavy atom. The lowest BCUT2D eigenvalue weighted by Gasteiger charge is -2.09. The van der Waals surface area contributed by atoms with Crippen LogP contribution in [0.25, 0.3) is 5.82 Å². The maximum atomic E-state index is 12.9. The number of anilines is 2. The summed E-state index contributed by atoms with van der Waals surface area (Å²) in [6.07, 6.45) is -0.965. The van der Waals surface area contributed by atoms with Crippen LogP contribution >= 0.6 is 0 Å². The predicted octanol–water partition coefficient (Wildman–Crippen LogP) is 3.91. The lowest BCUT2D eigenvalue weighted by Crippen LogP contribution is -2.08. The molecule has 0 saturated carbocycles. The minimum absolute atomic E-state index is 0.0643. The van der Waals surface area contributed by atoms with Gasteiger partial charge in [0, 0.05) is 41.7 Å². The molecule has 0 saturated heterocycles. The number of benzene rings is 1. The van der Waals surface area contributed by atoms with Crippen molar-refractivity contribution in [2.24, 2.45) is 4.99 Å². The molecule has 0 aliphatic heterocycles. The van der Waals surface area contributed by atoms with Crippen LogP contribution in [0.1, 0.15) is 34.5 Å². The Morgan fingerprint density at radius 3 is 2.37 bits per heavy atom. The van der Waals surface area contributed by atoms with Gasteiger partial charge in [-0.25, -0.2) is 18.4 Å². The molecular weight excluding hydrogens is 388 g/mol. The van der Waals surface area contributed by atoms with E-state index in [1.165, 1.54) is 12.1 Å². The van der Waals surface area contributed by atoms with Crippen LogP contribution in [-0.2, 0) is 0 Å². The van der Waals surface area contributed by atoms with Gasteiger partial charge in [-0.05, 0) is 26.0 Å². The number of hydrogen-bond acceptors (Lipinski definition) is 5. The number of nitrogens with zero attached hydrogens (tertiary/aromatic N) is 4. The van der Waals surface area contributed by atoms with Gasteiger partial charge in [-0.1, -0.05) is 24.3 Å². The number of hydrogen-bond donors (Lipinski definition) is 3. The Hall–Kier alpha value is -3.75. The summed E-state index contributed by atoms with van der Waals surface area (Å²) >= 11 is 0. The molecule has 0 bridgehead atoms. The first-order valence-electron chi connectivity index (χ1n) is 9.17. The second kappa shape index (κ2) is 8.73. The third-order valence-electron chi connectivity index (χ3n) is 4.44. The van der Waals surface area contributed by atoms with Gasteiger partial charge in [-0.2, -0.15) is 5.10 Å². The molecule has 0 aliphatic carbocycles. The largest absolute Gasteiger partial charge is 0.385 e. The van der Waals surface area contributed by atoms with Crippen molar-refractivity contribution in [3.63, 3.8) is 0 Å². The third-order valence-corrected chi connectivity index (χ3v) is 4.44. The van der Waals surface area contributed by atoms with E-state index in [4.69, 9.17) is 11.5 Å². The Morgan fingerprint density at radius 1 is 1.10 bits per heavy atom. The highest BCUT2D eigenvalue weighted by atomic mass is 19.3. The zero-order valence-electron chi connectivity index (χ0n) is 16.9. The topological polar surface area (TPSA) is 111 Å². The van der Waals surface area contributed by atoms with E-state index in [0.717, 1.165) is 11.4 Å². The normalized spacial score (nSPS) is 11.6. The minimum Gasteiger partial charge on any atom is -0.385 e. The highest BCUT2D eigenvalue weighted by Gasteiger charge is 2.12. The number of H-pyrrole nitrogens is 1. The quantitative estimate of drug-likeness (QED) is 0.565. The molecule has 30 heavy (non-hydrogen) atoms. The fraction of sp³-hybridized carbons (Fsp3) is 0.190. The third kappa shape index (κ3) is 4.45. The lowest BCUT2D eigenvalue weighted by atomic mass is 10.0. The SMILES string of the molecule is CN=C(c1ccc(C(F)F)cc1)c1ccnc(-n2nc(C)cc2C)cc(N)[nH]c1N. The van der Waals surface area contributed by atoms with Crippen LogP contribution < -0.4 is 11.5 Å². The second-order valence-corrected chi connectivity index (χ2v) is 6.69. The Bertz CT molecular complexity index is 1130. The molecule has 2 aromatic heterocycles. The number of nitrogens with two attached hydrogens (primary N) is 2. The number of aliphatic imine (C=N–C) groups is 1. The van der Waals surface area contributed by atoms with Crippen LogP contribution in [0.3, 0.4) is 0 Å². The zero-order valence-corrected chi connectivity index (χ0v) is 16.9. The molecule has 0 unspecified atom stereocenters. The van der Waals surface area contributed by atoms with Gasteiger partial charge in [0.15, 0.2) is 5.82 Å². The molecule has 3 aromatic rings. The molecule has 5 N–H and O–H groups in total. The van der Waals surface area contributed by atoms with Gasteiger partial charge in [0.1, 0.15) is 11.6 Å². The van der Waals surface area contributed by atoms with E-state index < -0.39 is 6.43 Å². The van der Waals surface area contributed by atoms with Gasteiger partial charge in [-0.15, -0.1) is 0 Å². The maximum Gasteiger partial charge on any atom is 0.263 e. The smallest absolute Gasteiger partial charge is 0.263 e. The van der Waals surface area contributed by atoms with Crippen molar-refractivity contribution in [1.29, 1.82) is 0 Å². The Balaban J connectivity index is 2.13. The zero-order chi connectivity index (χ0) is 21.8. The molecule has 0 fully saturated rings. The molecule has 0 spiro atoms. The van der Waals surface area contributed by atoms with Crippen LogP contribution in [0.15, 0.2) is 53.7 Å². The highest BCUT2D eigenvalue weighted by Crippen LogP contribution is 2.21. The van der Waals surface area contributed by atoms with Crippen LogP contribution in [-0.4, -0.2) is 32.5 Å². The fourth-order valence-corrected chi connectivity index (χ4v) is 3.09. The molecule has 0 radical (unpaired) electrons. The van der Waals surface area contributed by atoms with Gasteiger partial charge >= 0.3 is 0 Å². The minimum atomic E-state index is -2.54. The van der Waals surface area contributed by atoms with E-state index in [2.05, 4.69) is 20.1 Å². The second-order valence-electron chi connectivity index (χ2n) is 6.69. The van der Waals surface area contributed by atoms with Crippen molar-refractivity contribution in [3.8, 4) is 5.82 Å². The number of nitrogen functional groups attached to an aromatic ring is 2. The molecule has 3 rings (SSSR count). The van der Waals surface area contributed by atoms with Crippen LogP contribution in [0.4, 0.5) is 20.4 Å². The Kier molecular flexibility index (Phi) is 6.10. The molecule has 0 aliphatic rings. The van der Waals surface area contributed by atoms with E-state index in [1.807, 2.05) is 19.9 Å². The molecule has 1 aromatic carbocycles. The average molecular weight is 411 g/mol. The summed E-state index contributed by atoms with van der Waals surface area (Å²) in [4.78, 5) is 11.7. The van der Waals surface area contributed by atoms with Crippen molar-refractivity contribution < 1.29 is 8.78 Å². The van der Waals surface area contributed by atoms with E-state index in [9.17, 15) is 8.78 Å². The van der Waals surface area contributed by atoms with Crippen molar-refractivity contribution in [1.82, 2.24) is 19.7 Å². The molecule has 156 valence electrons. The molecule has 0 atom stereocenters. The molecule has 9 heteroatoms. The van der Waals surface area contributed by atoms with E-state index in [0.29, 0.717) is 22.7 Å². The molecule has 7 nitrogen and oxygen atoms in total. The first kappa shape index (κ1) is 21.0. The van der Waals surface area contributed by atoms with Gasteiger partial charge < -0.3 is 16.5 Å². The number of halogens is 2. The number of aromatic nitrogens is 4. The number of rotatable bonds is 4. The summed E-state index contributed by atoms with van der Waals surface area (Å²) in [6.45, 7) is 3.81. The van der Waals surface area contributed by atoms with E-state index in [1.54, 1.807) is 42.2 Å². The summed E-state index contributed by atoms with van der Waals surface area (Å²) < 4.78 is 27.4. The van der Waals surface area contributed by atoms with Gasteiger partial charge in [0.25, 0.3) is 6.43 Å². The maximum absolute atomic E-state index is 12.9. The van der Waals surface area contributed by atoms with E-state index in [-0.39, 0.29) is 17.2 Å². The molecule has 0 amide bonds. The standard InChI is InChI=1S/C21H23F2N7/c1-12-10-13(2)30(29-12)18-11-17(24)28-21(25)16(8-9-27-18)19(26-3)14-4-6-15(7-5-14)20(22)23/h4-11,20,28H,24-25H2,1-3H3. The van der Waals surface area contributed by atoms with Gasteiger partial charge in [-0.3, -0.25) is 4.99 Å². The predicted molar refractivity (Wildman–Crippen MR) is 115 cm³/mol. The summed E-state index contributed by atoms with van der Waals surface area (Å²) in [5, 5.41) is 4.42. The Labute approximate surface area is 172 Å². The number of aromatic amines is 1. The first-order valence-corrected chi connectivity index (χ1v) is 9.17. The van der Waals surface area contributed by atoms with Crippen LogP contribution in [0.2, 0.25) is 0 Å². The summed E-state index contributed by atoms with van der Waals surface area (Å²) in [6, 6.07) is 11.1. The van der Waals surface area contributed by atoms with Gasteiger partial charge in [0.2, 0.25) is 0 Å². The number of nitrogens with one attached hydrogen (secondary N) is 1. The summed E-state index contributed by atoms with van der Waals surface area (Å²) in [7, 11) is 1.60. The summed E-state index contributed by atoms with van der Waals surface area (Å²) in [5.74, 6) is 1.03. The molecule has 2 heterocycles. The first-order chi connectivity index (χ1) is 14.3. The van der Waals surface area contributed by atoms with Gasteiger partial charge in [0.05, 0.1) is 11.4 Å². The van der Waals surface area contributed by atoms with Crippen molar-refractivity contribution in [2.75, 3.05) is 18.5 Å². The number of alkyl halides is 2.